The van der Waals surface area contributed by atoms with Crippen LogP contribution in [0, 0.1) is 6.58 Å². The third-order valence-electron chi connectivity index (χ3n) is 1.30. The van der Waals surface area contributed by atoms with E-state index in [2.05, 4.69) is 6.58 Å². The topological polar surface area (TPSA) is 0 Å². The largest absolute Gasteiger partial charge is 0.429 e. The Morgan fingerprint density at radius 3 is 1.54 bits per heavy atom. The van der Waals surface area contributed by atoms with Gasteiger partial charge in [-0.25, -0.2) is 4.39 Å². The first-order valence-electron chi connectivity index (χ1n) is 2.92. The van der Waals surface area contributed by atoms with Crippen LogP contribution in [0.5, 0.6) is 0 Å². The zero-order valence-corrected chi connectivity index (χ0v) is 7.59. The fourth-order valence-electron chi connectivity index (χ4n) is 0.555. The fourth-order valence-corrected chi connectivity index (χ4v) is 0.941. The molecule has 0 aromatic rings. The first-order valence-corrected chi connectivity index (χ1v) is 3.71. The van der Waals surface area contributed by atoms with E-state index in [0.29, 0.717) is 0 Å². The van der Waals surface area contributed by atoms with Crippen LogP contribution in [0.1, 0.15) is 6.42 Å². The third kappa shape index (κ3) is 2.38. The summed E-state index contributed by atoms with van der Waals surface area (Å²) < 4.78 is 72.7. The van der Waals surface area contributed by atoms with E-state index in [1.807, 2.05) is 0 Å². The van der Waals surface area contributed by atoms with Crippen molar-refractivity contribution in [3.8, 4) is 0 Å². The Kier molecular flexibility index (Phi) is 3.46. The molecule has 0 heterocycles. The third-order valence-corrected chi connectivity index (χ3v) is 1.93. The van der Waals surface area contributed by atoms with E-state index in [1.165, 1.54) is 15.9 Å². The van der Waals surface area contributed by atoms with Crippen molar-refractivity contribution in [3.63, 3.8) is 0 Å². The first kappa shape index (κ1) is 12.8. The number of rotatable bonds is 3. The molecular formula is C6H4BrF6. The predicted molar refractivity (Wildman–Crippen MR) is 37.3 cm³/mol. The van der Waals surface area contributed by atoms with Crippen LogP contribution in [0.2, 0.25) is 0 Å². The number of halogens is 7. The minimum atomic E-state index is -5.68. The van der Waals surface area contributed by atoms with E-state index >= 15 is 0 Å². The van der Waals surface area contributed by atoms with Crippen molar-refractivity contribution < 1.29 is 26.3 Å². The van der Waals surface area contributed by atoms with Crippen molar-refractivity contribution in [2.24, 2.45) is 0 Å². The smallest absolute Gasteiger partial charge is 0.226 e. The Balaban J connectivity index is 5.07. The summed E-state index contributed by atoms with van der Waals surface area (Å²) in [4.78, 5) is -4.70. The van der Waals surface area contributed by atoms with Crippen LogP contribution in [-0.4, -0.2) is 16.7 Å². The SMILES string of the molecule is [CH]=CCC(F)(C(F)(F)F)C(F)(F)Br. The van der Waals surface area contributed by atoms with Crippen molar-refractivity contribution in [1.29, 1.82) is 0 Å². The summed E-state index contributed by atoms with van der Waals surface area (Å²) in [5.41, 5.74) is -4.67. The molecule has 0 fully saturated rings. The minimum Gasteiger partial charge on any atom is -0.226 e. The molecule has 0 aliphatic carbocycles. The number of allylic oxidation sites excluding steroid dienone is 1. The Morgan fingerprint density at radius 2 is 1.46 bits per heavy atom. The second kappa shape index (κ2) is 3.51. The number of hydrogen-bond donors (Lipinski definition) is 0. The van der Waals surface area contributed by atoms with Crippen LogP contribution in [0.25, 0.3) is 0 Å². The second-order valence-corrected chi connectivity index (χ2v) is 3.23. The zero-order chi connectivity index (χ0) is 10.9. The lowest BCUT2D eigenvalue weighted by atomic mass is 10.0. The molecule has 0 aliphatic rings. The molecule has 0 N–H and O–H groups in total. The number of hydrogen-bond acceptors (Lipinski definition) is 0. The zero-order valence-electron chi connectivity index (χ0n) is 6.01. The van der Waals surface area contributed by atoms with Gasteiger partial charge in [-0.2, -0.15) is 22.0 Å². The van der Waals surface area contributed by atoms with E-state index in [1.54, 1.807) is 0 Å². The molecule has 77 valence electrons. The van der Waals surface area contributed by atoms with Gasteiger partial charge in [-0.05, 0) is 15.9 Å². The molecule has 0 amide bonds. The molecule has 0 saturated heterocycles. The van der Waals surface area contributed by atoms with Crippen molar-refractivity contribution in [2.45, 2.75) is 23.1 Å². The van der Waals surface area contributed by atoms with Gasteiger partial charge in [-0.15, -0.1) is 0 Å². The molecule has 0 spiro atoms. The molecule has 0 saturated carbocycles. The van der Waals surface area contributed by atoms with Crippen LogP contribution >= 0.6 is 15.9 Å². The molecule has 0 bridgehead atoms. The van der Waals surface area contributed by atoms with Gasteiger partial charge in [0, 0.05) is 6.42 Å². The Bertz CT molecular complexity index is 176. The highest BCUT2D eigenvalue weighted by atomic mass is 79.9. The second-order valence-electron chi connectivity index (χ2n) is 2.24. The van der Waals surface area contributed by atoms with Gasteiger partial charge in [-0.1, -0.05) is 12.7 Å². The normalized spacial score (nSPS) is 18.1. The molecule has 7 heteroatoms. The number of alkyl halides is 7. The summed E-state index contributed by atoms with van der Waals surface area (Å²) in [5, 5.41) is 0. The minimum absolute atomic E-state index is 0.197. The molecule has 1 radical (unpaired) electrons. The van der Waals surface area contributed by atoms with Gasteiger partial charge in [0.05, 0.1) is 0 Å². The fraction of sp³-hybridized carbons (Fsp3) is 0.667. The summed E-state index contributed by atoms with van der Waals surface area (Å²) in [7, 11) is 0. The lowest BCUT2D eigenvalue weighted by Gasteiger charge is -2.30. The Labute approximate surface area is 78.7 Å². The molecule has 0 rings (SSSR count). The van der Waals surface area contributed by atoms with Gasteiger partial charge in [0.25, 0.3) is 5.67 Å². The highest BCUT2D eigenvalue weighted by molar-refractivity contribution is 9.10. The van der Waals surface area contributed by atoms with E-state index < -0.39 is 23.1 Å². The molecular weight excluding hydrogens is 266 g/mol. The first-order chi connectivity index (χ1) is 5.56. The molecule has 13 heavy (non-hydrogen) atoms. The lowest BCUT2D eigenvalue weighted by molar-refractivity contribution is -0.273. The summed E-state index contributed by atoms with van der Waals surface area (Å²) >= 11 is 1.33. The lowest BCUT2D eigenvalue weighted by Crippen LogP contribution is -2.51. The summed E-state index contributed by atoms with van der Waals surface area (Å²) in [6.07, 6.45) is -7.10. The Hall–Kier alpha value is -0.200. The summed E-state index contributed by atoms with van der Waals surface area (Å²) in [5.74, 6) is 0. The maximum Gasteiger partial charge on any atom is 0.429 e. The van der Waals surface area contributed by atoms with Gasteiger partial charge in [0.15, 0.2) is 0 Å². The van der Waals surface area contributed by atoms with E-state index in [-0.39, 0.29) is 6.08 Å². The maximum absolute atomic E-state index is 12.8. The van der Waals surface area contributed by atoms with Gasteiger partial charge < -0.3 is 0 Å². The average molecular weight is 270 g/mol. The van der Waals surface area contributed by atoms with Crippen LogP contribution in [0.4, 0.5) is 26.3 Å². The van der Waals surface area contributed by atoms with E-state index in [4.69, 9.17) is 0 Å². The quantitative estimate of drug-likeness (QED) is 0.542. The molecule has 1 atom stereocenters. The van der Waals surface area contributed by atoms with Crippen molar-refractivity contribution in [1.82, 2.24) is 0 Å². The van der Waals surface area contributed by atoms with E-state index in [0.717, 1.165) is 0 Å². The van der Waals surface area contributed by atoms with Crippen LogP contribution in [0.15, 0.2) is 6.08 Å². The highest BCUT2D eigenvalue weighted by Crippen LogP contribution is 2.50. The van der Waals surface area contributed by atoms with Crippen molar-refractivity contribution in [2.75, 3.05) is 0 Å². The molecule has 1 unspecified atom stereocenters. The van der Waals surface area contributed by atoms with Crippen molar-refractivity contribution >= 4 is 15.9 Å². The molecule has 0 aliphatic heterocycles. The van der Waals surface area contributed by atoms with Crippen LogP contribution in [-0.2, 0) is 0 Å². The molecule has 0 aromatic heterocycles. The highest BCUT2D eigenvalue weighted by Gasteiger charge is 2.69. The molecule has 0 aromatic carbocycles. The van der Waals surface area contributed by atoms with Gasteiger partial charge in [0.2, 0.25) is 0 Å². The van der Waals surface area contributed by atoms with Gasteiger partial charge in [0.1, 0.15) is 0 Å². The summed E-state index contributed by atoms with van der Waals surface area (Å²) in [6, 6.07) is 0. The average Bonchev–Trinajstić information content (AvgIpc) is 1.82. The Morgan fingerprint density at radius 1 is 1.08 bits per heavy atom. The monoisotopic (exact) mass is 269 g/mol. The predicted octanol–water partition coefficient (Wildman–Crippen LogP) is 3.62. The summed E-state index contributed by atoms with van der Waals surface area (Å²) in [6.45, 7) is 4.49. The molecule has 0 nitrogen and oxygen atoms in total. The van der Waals surface area contributed by atoms with Gasteiger partial charge in [-0.3, -0.25) is 0 Å². The van der Waals surface area contributed by atoms with Crippen LogP contribution < -0.4 is 0 Å². The van der Waals surface area contributed by atoms with Crippen molar-refractivity contribution in [3.05, 3.63) is 12.7 Å². The standard InChI is InChI=1S/C6H4BrF6/c1-2-3-4(8,5(7,9)10)6(11,12)13/h1-2H,3H2. The maximum atomic E-state index is 12.8. The van der Waals surface area contributed by atoms with Crippen LogP contribution in [0.3, 0.4) is 0 Å². The van der Waals surface area contributed by atoms with Gasteiger partial charge >= 0.3 is 11.0 Å². The van der Waals surface area contributed by atoms with E-state index in [9.17, 15) is 26.3 Å².